The Labute approximate surface area is 102 Å². The Morgan fingerprint density at radius 2 is 2.12 bits per heavy atom. The maximum absolute atomic E-state index is 13.4. The molecule has 0 heterocycles. The molecule has 0 radical (unpaired) electrons. The lowest BCUT2D eigenvalue weighted by Gasteiger charge is -2.24. The van der Waals surface area contributed by atoms with Gasteiger partial charge in [0.25, 0.3) is 0 Å². The summed E-state index contributed by atoms with van der Waals surface area (Å²) in [5.41, 5.74) is 6.48. The fourth-order valence-electron chi connectivity index (χ4n) is 1.48. The van der Waals surface area contributed by atoms with E-state index in [1.165, 1.54) is 13.2 Å². The monoisotopic (exact) mass is 240 g/mol. The van der Waals surface area contributed by atoms with Gasteiger partial charge in [-0.2, -0.15) is 0 Å². The Balaban J connectivity index is 2.50. The first-order valence-electron chi connectivity index (χ1n) is 5.76. The van der Waals surface area contributed by atoms with Crippen molar-refractivity contribution in [3.05, 3.63) is 29.6 Å². The van der Waals surface area contributed by atoms with Crippen molar-refractivity contribution < 1.29 is 9.13 Å². The lowest BCUT2D eigenvalue weighted by molar-refractivity contribution is 0.385. The summed E-state index contributed by atoms with van der Waals surface area (Å²) in [6, 6.07) is 5.04. The van der Waals surface area contributed by atoms with Crippen molar-refractivity contribution in [2.45, 2.75) is 25.8 Å². The van der Waals surface area contributed by atoms with E-state index < -0.39 is 0 Å². The predicted molar refractivity (Wildman–Crippen MR) is 67.8 cm³/mol. The second kappa shape index (κ2) is 5.98. The van der Waals surface area contributed by atoms with E-state index in [-0.39, 0.29) is 17.1 Å². The topological polar surface area (TPSA) is 47.3 Å². The second-order valence-corrected chi connectivity index (χ2v) is 4.73. The Morgan fingerprint density at radius 1 is 1.41 bits per heavy atom. The molecule has 3 N–H and O–H groups in total. The van der Waals surface area contributed by atoms with Crippen LogP contribution >= 0.6 is 0 Å². The lowest BCUT2D eigenvalue weighted by Crippen LogP contribution is -2.46. The third kappa shape index (κ3) is 4.32. The minimum absolute atomic E-state index is 0.0784. The molecule has 17 heavy (non-hydrogen) atoms. The first kappa shape index (κ1) is 13.9. The summed E-state index contributed by atoms with van der Waals surface area (Å²) in [7, 11) is 1.46. The summed E-state index contributed by atoms with van der Waals surface area (Å²) in [4.78, 5) is 0. The number of halogens is 1. The van der Waals surface area contributed by atoms with Crippen LogP contribution in [-0.2, 0) is 6.42 Å². The zero-order chi connectivity index (χ0) is 12.9. The van der Waals surface area contributed by atoms with Crippen LogP contribution in [0.15, 0.2) is 18.2 Å². The molecular weight excluding hydrogens is 219 g/mol. The number of hydrogen-bond acceptors (Lipinski definition) is 3. The molecule has 0 bridgehead atoms. The number of ether oxygens (including phenoxy) is 1. The first-order chi connectivity index (χ1) is 7.98. The van der Waals surface area contributed by atoms with Crippen LogP contribution in [0.25, 0.3) is 0 Å². The Kier molecular flexibility index (Phi) is 4.90. The van der Waals surface area contributed by atoms with Gasteiger partial charge in [-0.1, -0.05) is 6.07 Å². The number of hydrogen-bond donors (Lipinski definition) is 2. The standard InChI is InChI=1S/C13H21FN2O/c1-13(2,9-15)16-7-6-10-4-5-12(17-3)11(14)8-10/h4-5,8,16H,6-7,9,15H2,1-3H3. The third-order valence-electron chi connectivity index (χ3n) is 2.74. The van der Waals surface area contributed by atoms with Crippen LogP contribution in [0.3, 0.4) is 0 Å². The summed E-state index contributed by atoms with van der Waals surface area (Å²) >= 11 is 0. The number of nitrogens with two attached hydrogens (primary N) is 1. The summed E-state index contributed by atoms with van der Waals surface area (Å²) in [5.74, 6) is -0.0351. The van der Waals surface area contributed by atoms with E-state index in [1.807, 2.05) is 19.9 Å². The van der Waals surface area contributed by atoms with E-state index in [9.17, 15) is 4.39 Å². The minimum atomic E-state index is -0.317. The quantitative estimate of drug-likeness (QED) is 0.795. The highest BCUT2D eigenvalue weighted by Gasteiger charge is 2.13. The van der Waals surface area contributed by atoms with Crippen LogP contribution in [0.2, 0.25) is 0 Å². The van der Waals surface area contributed by atoms with Gasteiger partial charge >= 0.3 is 0 Å². The molecule has 0 aliphatic carbocycles. The summed E-state index contributed by atoms with van der Waals surface area (Å²) in [6.45, 7) is 5.43. The van der Waals surface area contributed by atoms with E-state index >= 15 is 0 Å². The van der Waals surface area contributed by atoms with Gasteiger partial charge in [0.05, 0.1) is 7.11 Å². The molecule has 96 valence electrons. The molecule has 1 aromatic rings. The largest absolute Gasteiger partial charge is 0.494 e. The summed E-state index contributed by atoms with van der Waals surface area (Å²) < 4.78 is 18.3. The molecule has 4 heteroatoms. The molecule has 1 aromatic carbocycles. The molecule has 0 spiro atoms. The van der Waals surface area contributed by atoms with Crippen LogP contribution in [0.4, 0.5) is 4.39 Å². The van der Waals surface area contributed by atoms with Gasteiger partial charge in [-0.15, -0.1) is 0 Å². The van der Waals surface area contributed by atoms with Gasteiger partial charge in [-0.3, -0.25) is 0 Å². The van der Waals surface area contributed by atoms with Crippen molar-refractivity contribution >= 4 is 0 Å². The zero-order valence-electron chi connectivity index (χ0n) is 10.7. The molecule has 0 atom stereocenters. The number of methoxy groups -OCH3 is 1. The average Bonchev–Trinajstić information content (AvgIpc) is 2.29. The zero-order valence-corrected chi connectivity index (χ0v) is 10.7. The van der Waals surface area contributed by atoms with Gasteiger partial charge < -0.3 is 15.8 Å². The highest BCUT2D eigenvalue weighted by atomic mass is 19.1. The van der Waals surface area contributed by atoms with E-state index in [0.717, 1.165) is 18.5 Å². The molecule has 0 aliphatic heterocycles. The van der Waals surface area contributed by atoms with Crippen molar-refractivity contribution in [2.75, 3.05) is 20.2 Å². The normalized spacial score (nSPS) is 11.6. The fourth-order valence-corrected chi connectivity index (χ4v) is 1.48. The van der Waals surface area contributed by atoms with E-state index in [0.29, 0.717) is 6.54 Å². The lowest BCUT2D eigenvalue weighted by atomic mass is 10.1. The van der Waals surface area contributed by atoms with E-state index in [4.69, 9.17) is 10.5 Å². The molecule has 3 nitrogen and oxygen atoms in total. The average molecular weight is 240 g/mol. The summed E-state index contributed by atoms with van der Waals surface area (Å²) in [6.07, 6.45) is 0.768. The molecule has 0 amide bonds. The molecule has 0 saturated carbocycles. The van der Waals surface area contributed by atoms with Crippen molar-refractivity contribution in [3.8, 4) is 5.75 Å². The van der Waals surface area contributed by atoms with Crippen LogP contribution < -0.4 is 15.8 Å². The number of nitrogens with one attached hydrogen (secondary N) is 1. The highest BCUT2D eigenvalue weighted by Crippen LogP contribution is 2.17. The fraction of sp³-hybridized carbons (Fsp3) is 0.538. The van der Waals surface area contributed by atoms with Crippen LogP contribution in [0, 0.1) is 5.82 Å². The summed E-state index contributed by atoms with van der Waals surface area (Å²) in [5, 5.41) is 3.33. The van der Waals surface area contributed by atoms with Gasteiger partial charge in [0.15, 0.2) is 11.6 Å². The third-order valence-corrected chi connectivity index (χ3v) is 2.74. The Morgan fingerprint density at radius 3 is 2.65 bits per heavy atom. The molecule has 0 aromatic heterocycles. The van der Waals surface area contributed by atoms with Crippen molar-refractivity contribution in [3.63, 3.8) is 0 Å². The second-order valence-electron chi connectivity index (χ2n) is 4.73. The van der Waals surface area contributed by atoms with Gasteiger partial charge in [-0.25, -0.2) is 4.39 Å². The molecule has 0 aliphatic rings. The van der Waals surface area contributed by atoms with Gasteiger partial charge in [0.1, 0.15) is 0 Å². The molecule has 0 unspecified atom stereocenters. The van der Waals surface area contributed by atoms with Gasteiger partial charge in [0, 0.05) is 12.1 Å². The maximum atomic E-state index is 13.4. The van der Waals surface area contributed by atoms with Crippen LogP contribution in [0.1, 0.15) is 19.4 Å². The van der Waals surface area contributed by atoms with E-state index in [2.05, 4.69) is 5.32 Å². The molecule has 1 rings (SSSR count). The first-order valence-corrected chi connectivity index (χ1v) is 5.76. The molecule has 0 fully saturated rings. The van der Waals surface area contributed by atoms with E-state index in [1.54, 1.807) is 6.07 Å². The van der Waals surface area contributed by atoms with Crippen LogP contribution in [0.5, 0.6) is 5.75 Å². The SMILES string of the molecule is COc1ccc(CCNC(C)(C)CN)cc1F. The maximum Gasteiger partial charge on any atom is 0.165 e. The smallest absolute Gasteiger partial charge is 0.165 e. The minimum Gasteiger partial charge on any atom is -0.494 e. The van der Waals surface area contributed by atoms with Crippen molar-refractivity contribution in [1.29, 1.82) is 0 Å². The highest BCUT2D eigenvalue weighted by molar-refractivity contribution is 5.29. The van der Waals surface area contributed by atoms with Gasteiger partial charge in [0.2, 0.25) is 0 Å². The Bertz CT molecular complexity index is 366. The predicted octanol–water partition coefficient (Wildman–Crippen LogP) is 1.70. The molecular formula is C13H21FN2O. The number of benzene rings is 1. The molecule has 0 saturated heterocycles. The van der Waals surface area contributed by atoms with Crippen molar-refractivity contribution in [1.82, 2.24) is 5.32 Å². The Hall–Kier alpha value is -1.13. The van der Waals surface area contributed by atoms with Crippen LogP contribution in [-0.4, -0.2) is 25.7 Å². The van der Waals surface area contributed by atoms with Gasteiger partial charge in [-0.05, 0) is 44.5 Å². The van der Waals surface area contributed by atoms with Crippen molar-refractivity contribution in [2.24, 2.45) is 5.73 Å². The number of rotatable bonds is 6.